The topological polar surface area (TPSA) is 56.7 Å². The first-order chi connectivity index (χ1) is 9.45. The lowest BCUT2D eigenvalue weighted by Crippen LogP contribution is -2.08. The fourth-order valence-electron chi connectivity index (χ4n) is 1.88. The van der Waals surface area contributed by atoms with E-state index >= 15 is 0 Å². The van der Waals surface area contributed by atoms with Crippen LogP contribution in [0.25, 0.3) is 16.7 Å². The van der Waals surface area contributed by atoms with E-state index in [0.29, 0.717) is 16.7 Å². The third-order valence-electron chi connectivity index (χ3n) is 2.86. The van der Waals surface area contributed by atoms with E-state index in [0.717, 1.165) is 12.1 Å². The maximum atomic E-state index is 12.6. The highest BCUT2D eigenvalue weighted by Gasteiger charge is 2.31. The quantitative estimate of drug-likeness (QED) is 0.696. The van der Waals surface area contributed by atoms with Gasteiger partial charge in [-0.05, 0) is 30.3 Å². The summed E-state index contributed by atoms with van der Waals surface area (Å²) in [6.45, 7) is 0. The van der Waals surface area contributed by atoms with Crippen LogP contribution in [0, 0.1) is 0 Å². The summed E-state index contributed by atoms with van der Waals surface area (Å²) in [5.74, 6) is 0. The summed E-state index contributed by atoms with van der Waals surface area (Å²) in [6.07, 6.45) is -4.42. The minimum atomic E-state index is -4.42. The van der Waals surface area contributed by atoms with Crippen molar-refractivity contribution in [2.75, 3.05) is 5.73 Å². The minimum absolute atomic E-state index is 0.0277. The first-order valence-corrected chi connectivity index (χ1v) is 5.74. The number of nitrogen functional groups attached to an aromatic ring is 1. The molecule has 0 bridgehead atoms. The molecule has 0 spiro atoms. The van der Waals surface area contributed by atoms with Gasteiger partial charge in [0.25, 0.3) is 0 Å². The molecule has 0 aliphatic rings. The highest BCUT2D eigenvalue weighted by molar-refractivity contribution is 5.74. The number of benzene rings is 2. The molecule has 2 aromatic carbocycles. The van der Waals surface area contributed by atoms with Crippen molar-refractivity contribution < 1.29 is 13.2 Å². The lowest BCUT2D eigenvalue weighted by atomic mass is 10.1. The van der Waals surface area contributed by atoms with Gasteiger partial charge >= 0.3 is 6.18 Å². The van der Waals surface area contributed by atoms with Crippen LogP contribution in [0.5, 0.6) is 0 Å². The Morgan fingerprint density at radius 1 is 0.950 bits per heavy atom. The Hall–Kier alpha value is -2.57. The van der Waals surface area contributed by atoms with Gasteiger partial charge in [0.15, 0.2) is 0 Å². The van der Waals surface area contributed by atoms with Gasteiger partial charge in [-0.2, -0.15) is 13.2 Å². The normalized spacial score (nSPS) is 11.9. The highest BCUT2D eigenvalue weighted by Crippen LogP contribution is 2.32. The van der Waals surface area contributed by atoms with Crippen molar-refractivity contribution in [3.63, 3.8) is 0 Å². The number of anilines is 1. The zero-order valence-corrected chi connectivity index (χ0v) is 10.1. The molecular formula is C13H9F3N4. The third kappa shape index (κ3) is 2.07. The summed E-state index contributed by atoms with van der Waals surface area (Å²) in [6, 6.07) is 10.2. The van der Waals surface area contributed by atoms with Crippen molar-refractivity contribution in [2.24, 2.45) is 0 Å². The van der Waals surface area contributed by atoms with Gasteiger partial charge in [0.1, 0.15) is 16.7 Å². The van der Waals surface area contributed by atoms with Crippen LogP contribution in [0.2, 0.25) is 0 Å². The summed E-state index contributed by atoms with van der Waals surface area (Å²) in [5.41, 5.74) is 6.45. The summed E-state index contributed by atoms with van der Waals surface area (Å²) < 4.78 is 37.7. The van der Waals surface area contributed by atoms with E-state index in [1.54, 1.807) is 24.3 Å². The van der Waals surface area contributed by atoms with Crippen molar-refractivity contribution in [1.82, 2.24) is 15.0 Å². The maximum Gasteiger partial charge on any atom is 0.416 e. The Morgan fingerprint density at radius 3 is 2.05 bits per heavy atom. The lowest BCUT2D eigenvalue weighted by Gasteiger charge is -2.09. The predicted octanol–water partition coefficient (Wildman–Crippen LogP) is 3.02. The Bertz CT molecular complexity index is 744. The van der Waals surface area contributed by atoms with Gasteiger partial charge in [0, 0.05) is 0 Å². The van der Waals surface area contributed by atoms with Crippen LogP contribution in [0.4, 0.5) is 18.9 Å². The average molecular weight is 278 g/mol. The van der Waals surface area contributed by atoms with Gasteiger partial charge in [0.05, 0.1) is 11.3 Å². The third-order valence-corrected chi connectivity index (χ3v) is 2.86. The average Bonchev–Trinajstić information content (AvgIpc) is 2.80. The SMILES string of the molecule is Nc1cc(C(F)(F)F)ccc1-n1nc2ccccc2n1. The molecule has 0 saturated heterocycles. The molecule has 7 heteroatoms. The second-order valence-corrected chi connectivity index (χ2v) is 4.25. The molecule has 2 N–H and O–H groups in total. The molecule has 0 atom stereocenters. The second-order valence-electron chi connectivity index (χ2n) is 4.25. The van der Waals surface area contributed by atoms with Crippen molar-refractivity contribution in [3.05, 3.63) is 48.0 Å². The highest BCUT2D eigenvalue weighted by atomic mass is 19.4. The van der Waals surface area contributed by atoms with Crippen molar-refractivity contribution in [2.45, 2.75) is 6.18 Å². The number of hydrogen-bond acceptors (Lipinski definition) is 3. The first-order valence-electron chi connectivity index (χ1n) is 5.74. The minimum Gasteiger partial charge on any atom is -0.397 e. The summed E-state index contributed by atoms with van der Waals surface area (Å²) in [5, 5.41) is 8.36. The molecule has 0 radical (unpaired) electrons. The van der Waals surface area contributed by atoms with Gasteiger partial charge in [-0.1, -0.05) is 12.1 Å². The molecule has 0 saturated carbocycles. The molecule has 4 nitrogen and oxygen atoms in total. The molecule has 102 valence electrons. The lowest BCUT2D eigenvalue weighted by molar-refractivity contribution is -0.137. The molecule has 3 aromatic rings. The largest absolute Gasteiger partial charge is 0.416 e. The number of hydrogen-bond donors (Lipinski definition) is 1. The van der Waals surface area contributed by atoms with Crippen LogP contribution in [0.3, 0.4) is 0 Å². The van der Waals surface area contributed by atoms with Crippen LogP contribution in [0.1, 0.15) is 5.56 Å². The molecule has 0 aliphatic carbocycles. The smallest absolute Gasteiger partial charge is 0.397 e. The van der Waals surface area contributed by atoms with E-state index in [1.807, 2.05) is 0 Å². The second kappa shape index (κ2) is 4.22. The Morgan fingerprint density at radius 2 is 1.55 bits per heavy atom. The summed E-state index contributed by atoms with van der Waals surface area (Å²) in [4.78, 5) is 1.24. The molecule has 0 fully saturated rings. The van der Waals surface area contributed by atoms with Gasteiger partial charge in [-0.3, -0.25) is 0 Å². The van der Waals surface area contributed by atoms with E-state index in [-0.39, 0.29) is 5.69 Å². The Kier molecular flexibility index (Phi) is 2.63. The van der Waals surface area contributed by atoms with Gasteiger partial charge in [-0.15, -0.1) is 15.0 Å². The molecular weight excluding hydrogens is 269 g/mol. The van der Waals surface area contributed by atoms with Crippen molar-refractivity contribution >= 4 is 16.7 Å². The number of alkyl halides is 3. The standard InChI is InChI=1S/C13H9F3N4/c14-13(15,16)8-5-6-12(9(17)7-8)20-18-10-3-1-2-4-11(10)19-20/h1-7H,17H2. The Balaban J connectivity index is 2.10. The van der Waals surface area contributed by atoms with Crippen molar-refractivity contribution in [1.29, 1.82) is 0 Å². The van der Waals surface area contributed by atoms with E-state index in [9.17, 15) is 13.2 Å². The molecule has 3 rings (SSSR count). The van der Waals surface area contributed by atoms with Crippen LogP contribution >= 0.6 is 0 Å². The molecule has 20 heavy (non-hydrogen) atoms. The fourth-order valence-corrected chi connectivity index (χ4v) is 1.88. The number of halogens is 3. The molecule has 1 aromatic heterocycles. The van der Waals surface area contributed by atoms with E-state index in [1.165, 1.54) is 10.9 Å². The Labute approximate surface area is 111 Å². The van der Waals surface area contributed by atoms with E-state index in [4.69, 9.17) is 5.73 Å². The monoisotopic (exact) mass is 278 g/mol. The number of fused-ring (bicyclic) bond motifs is 1. The predicted molar refractivity (Wildman–Crippen MR) is 68.3 cm³/mol. The van der Waals surface area contributed by atoms with E-state index in [2.05, 4.69) is 10.2 Å². The summed E-state index contributed by atoms with van der Waals surface area (Å²) in [7, 11) is 0. The molecule has 1 heterocycles. The van der Waals surface area contributed by atoms with Crippen LogP contribution in [0.15, 0.2) is 42.5 Å². The number of nitrogens with zero attached hydrogens (tertiary/aromatic N) is 3. The summed E-state index contributed by atoms with van der Waals surface area (Å²) >= 11 is 0. The number of aromatic nitrogens is 3. The number of rotatable bonds is 1. The molecule has 0 amide bonds. The molecule has 0 unspecified atom stereocenters. The molecule has 0 aliphatic heterocycles. The first kappa shape index (κ1) is 12.5. The van der Waals surface area contributed by atoms with Crippen LogP contribution in [-0.2, 0) is 6.18 Å². The van der Waals surface area contributed by atoms with Crippen molar-refractivity contribution in [3.8, 4) is 5.69 Å². The zero-order valence-electron chi connectivity index (χ0n) is 10.1. The zero-order chi connectivity index (χ0) is 14.3. The van der Waals surface area contributed by atoms with Crippen LogP contribution in [-0.4, -0.2) is 15.0 Å². The maximum absolute atomic E-state index is 12.6. The van der Waals surface area contributed by atoms with Gasteiger partial charge in [-0.25, -0.2) is 0 Å². The van der Waals surface area contributed by atoms with E-state index < -0.39 is 11.7 Å². The fraction of sp³-hybridized carbons (Fsp3) is 0.0769. The van der Waals surface area contributed by atoms with Gasteiger partial charge in [0.2, 0.25) is 0 Å². The van der Waals surface area contributed by atoms with Gasteiger partial charge < -0.3 is 5.73 Å². The van der Waals surface area contributed by atoms with Crippen LogP contribution < -0.4 is 5.73 Å². The number of nitrogens with two attached hydrogens (primary N) is 1.